The number of anilines is 2. The zero-order chi connectivity index (χ0) is 21.6. The number of aromatic nitrogens is 4. The van der Waals surface area contributed by atoms with Crippen molar-refractivity contribution in [3.63, 3.8) is 0 Å². The summed E-state index contributed by atoms with van der Waals surface area (Å²) in [5, 5.41) is 0.741. The topological polar surface area (TPSA) is 116 Å². The fourth-order valence-electron chi connectivity index (χ4n) is 2.92. The second-order valence-corrected chi connectivity index (χ2v) is 6.51. The van der Waals surface area contributed by atoms with Crippen molar-refractivity contribution in [1.29, 1.82) is 0 Å². The maximum Gasteiger partial charge on any atom is 0.434 e. The highest BCUT2D eigenvalue weighted by molar-refractivity contribution is 6.36. The van der Waals surface area contributed by atoms with Crippen molar-refractivity contribution in [3.8, 4) is 22.6 Å². The minimum absolute atomic E-state index is 0.191. The van der Waals surface area contributed by atoms with Crippen molar-refractivity contribution in [2.45, 2.75) is 6.18 Å². The number of nitrogens with two attached hydrogens (primary N) is 2. The van der Waals surface area contributed by atoms with Crippen molar-refractivity contribution in [2.75, 3.05) is 11.5 Å². The smallest absolute Gasteiger partial charge is 0.434 e. The Labute approximate surface area is 170 Å². The molecule has 0 aliphatic carbocycles. The van der Waals surface area contributed by atoms with Gasteiger partial charge in [0.1, 0.15) is 17.2 Å². The lowest BCUT2D eigenvalue weighted by molar-refractivity contribution is -0.140. The van der Waals surface area contributed by atoms with Crippen molar-refractivity contribution >= 4 is 34.4 Å². The number of halogens is 5. The molecule has 30 heavy (non-hydrogen) atoms. The minimum Gasteiger partial charge on any atom is -0.453 e. The zero-order valence-electron chi connectivity index (χ0n) is 14.8. The summed E-state index contributed by atoms with van der Waals surface area (Å²) in [6.45, 7) is 0. The van der Waals surface area contributed by atoms with Crippen LogP contribution in [0, 0.1) is 5.82 Å². The minimum atomic E-state index is -4.88. The van der Waals surface area contributed by atoms with Crippen LogP contribution in [0.2, 0.25) is 5.02 Å². The van der Waals surface area contributed by atoms with Gasteiger partial charge in [-0.3, -0.25) is 0 Å². The molecule has 1 aromatic carbocycles. The summed E-state index contributed by atoms with van der Waals surface area (Å²) in [5.74, 6) is -2.14. The third-order valence-corrected chi connectivity index (χ3v) is 4.45. The van der Waals surface area contributed by atoms with Crippen LogP contribution in [0.3, 0.4) is 0 Å². The van der Waals surface area contributed by atoms with Gasteiger partial charge in [0.15, 0.2) is 17.3 Å². The van der Waals surface area contributed by atoms with Gasteiger partial charge in [-0.05, 0) is 23.8 Å². The average molecular weight is 439 g/mol. The Morgan fingerprint density at radius 1 is 1.07 bits per heavy atom. The van der Waals surface area contributed by atoms with Gasteiger partial charge in [0.25, 0.3) is 0 Å². The maximum absolute atomic E-state index is 14.7. The molecule has 0 bridgehead atoms. The van der Waals surface area contributed by atoms with Crippen LogP contribution in [0.4, 0.5) is 29.3 Å². The molecule has 0 aliphatic heterocycles. The molecule has 3 aromatic heterocycles. The van der Waals surface area contributed by atoms with Crippen LogP contribution in [0.15, 0.2) is 36.7 Å². The van der Waals surface area contributed by atoms with Gasteiger partial charge >= 0.3 is 6.18 Å². The second kappa shape index (κ2) is 7.02. The number of aromatic amines is 1. The molecule has 154 valence electrons. The number of pyridine rings is 1. The lowest BCUT2D eigenvalue weighted by Crippen LogP contribution is -2.15. The highest BCUT2D eigenvalue weighted by Gasteiger charge is 2.38. The Morgan fingerprint density at radius 2 is 1.83 bits per heavy atom. The van der Waals surface area contributed by atoms with Crippen molar-refractivity contribution in [2.24, 2.45) is 0 Å². The van der Waals surface area contributed by atoms with E-state index in [9.17, 15) is 17.6 Å². The predicted molar refractivity (Wildman–Crippen MR) is 102 cm³/mol. The molecule has 0 aliphatic rings. The maximum atomic E-state index is 14.7. The summed E-state index contributed by atoms with van der Waals surface area (Å²) < 4.78 is 60.4. The molecule has 3 heterocycles. The molecule has 0 saturated carbocycles. The van der Waals surface area contributed by atoms with E-state index in [1.165, 1.54) is 24.5 Å². The first-order valence-corrected chi connectivity index (χ1v) is 8.62. The van der Waals surface area contributed by atoms with E-state index in [0.29, 0.717) is 16.1 Å². The summed E-state index contributed by atoms with van der Waals surface area (Å²) in [7, 11) is 0. The highest BCUT2D eigenvalue weighted by atomic mass is 35.5. The summed E-state index contributed by atoms with van der Waals surface area (Å²) in [5.41, 5.74) is 9.19. The summed E-state index contributed by atoms with van der Waals surface area (Å²) >= 11 is 6.09. The van der Waals surface area contributed by atoms with Gasteiger partial charge in [-0.25, -0.2) is 14.4 Å². The van der Waals surface area contributed by atoms with Crippen LogP contribution >= 0.6 is 11.6 Å². The van der Waals surface area contributed by atoms with Crippen LogP contribution in [0.5, 0.6) is 11.5 Å². The number of nitrogens with zero attached hydrogens (tertiary/aromatic N) is 3. The van der Waals surface area contributed by atoms with Crippen molar-refractivity contribution < 1.29 is 22.3 Å². The standard InChI is InChI=1S/C18H11ClF4N6O/c19-8-6-27-16-13(8)11(3-4-26-16)30-10-2-1-7(5-9(10)20)12-14(18(21,22)23)28-17(25)29-15(12)24/h1-6H,(H,26,27)(H4,24,25,28,29). The number of nitrogens with one attached hydrogen (secondary N) is 1. The number of ether oxygens (including phenoxy) is 1. The number of alkyl halides is 3. The Hall–Kier alpha value is -3.60. The number of H-pyrrole nitrogens is 1. The van der Waals surface area contributed by atoms with Crippen LogP contribution in [0.1, 0.15) is 5.69 Å². The quantitative estimate of drug-likeness (QED) is 0.396. The molecular formula is C18H11ClF4N6O. The largest absolute Gasteiger partial charge is 0.453 e. The number of hydrogen-bond donors (Lipinski definition) is 3. The molecule has 0 unspecified atom stereocenters. The second-order valence-electron chi connectivity index (χ2n) is 6.10. The molecule has 7 nitrogen and oxygen atoms in total. The zero-order valence-corrected chi connectivity index (χ0v) is 15.5. The van der Waals surface area contributed by atoms with E-state index in [2.05, 4.69) is 19.9 Å². The molecule has 0 spiro atoms. The third kappa shape index (κ3) is 3.43. The van der Waals surface area contributed by atoms with E-state index in [-0.39, 0.29) is 17.1 Å². The fourth-order valence-corrected chi connectivity index (χ4v) is 3.15. The van der Waals surface area contributed by atoms with Crippen LogP contribution in [0.25, 0.3) is 22.2 Å². The fraction of sp³-hybridized carbons (Fsp3) is 0.0556. The Bertz CT molecular complexity index is 1270. The highest BCUT2D eigenvalue weighted by Crippen LogP contribution is 2.40. The first-order valence-electron chi connectivity index (χ1n) is 8.24. The molecule has 5 N–H and O–H groups in total. The van der Waals surface area contributed by atoms with E-state index in [1.54, 1.807) is 0 Å². The average Bonchev–Trinajstić information content (AvgIpc) is 3.04. The first-order chi connectivity index (χ1) is 14.1. The normalized spacial score (nSPS) is 11.8. The van der Waals surface area contributed by atoms with Gasteiger partial charge in [-0.15, -0.1) is 0 Å². The molecule has 4 aromatic rings. The van der Waals surface area contributed by atoms with Crippen LogP contribution in [-0.2, 0) is 6.18 Å². The van der Waals surface area contributed by atoms with Gasteiger partial charge in [0, 0.05) is 12.4 Å². The van der Waals surface area contributed by atoms with Crippen LogP contribution < -0.4 is 16.2 Å². The molecule has 12 heteroatoms. The molecule has 4 rings (SSSR count). The van der Waals surface area contributed by atoms with Crippen molar-refractivity contribution in [3.05, 3.63) is 53.2 Å². The van der Waals surface area contributed by atoms with Gasteiger partial charge in [0.05, 0.1) is 16.0 Å². The third-order valence-electron chi connectivity index (χ3n) is 4.15. The number of rotatable bonds is 3. The van der Waals surface area contributed by atoms with E-state index in [4.69, 9.17) is 27.8 Å². The Kier molecular flexibility index (Phi) is 4.61. The Morgan fingerprint density at radius 3 is 2.53 bits per heavy atom. The van der Waals surface area contributed by atoms with E-state index in [1.807, 2.05) is 0 Å². The monoisotopic (exact) mass is 438 g/mol. The summed E-state index contributed by atoms with van der Waals surface area (Å²) in [6, 6.07) is 4.68. The molecule has 0 fully saturated rings. The SMILES string of the molecule is Nc1nc(N)c(-c2ccc(Oc3ccnc4[nH]cc(Cl)c34)c(F)c2)c(C(F)(F)F)n1. The van der Waals surface area contributed by atoms with Gasteiger partial charge in [0.2, 0.25) is 5.95 Å². The summed E-state index contributed by atoms with van der Waals surface area (Å²) in [4.78, 5) is 13.7. The number of fused-ring (bicyclic) bond motifs is 1. The molecule has 0 atom stereocenters. The molecule has 0 radical (unpaired) electrons. The predicted octanol–water partition coefficient (Wildman–Crippen LogP) is 4.79. The first kappa shape index (κ1) is 19.7. The van der Waals surface area contributed by atoms with E-state index < -0.39 is 35.0 Å². The Balaban J connectivity index is 1.77. The molecule has 0 amide bonds. The molecular weight excluding hydrogens is 428 g/mol. The van der Waals surface area contributed by atoms with Gasteiger partial charge < -0.3 is 21.2 Å². The van der Waals surface area contributed by atoms with Gasteiger partial charge in [-0.2, -0.15) is 18.2 Å². The van der Waals surface area contributed by atoms with Crippen LogP contribution in [-0.4, -0.2) is 19.9 Å². The van der Waals surface area contributed by atoms with Crippen molar-refractivity contribution in [1.82, 2.24) is 19.9 Å². The summed E-state index contributed by atoms with van der Waals surface area (Å²) in [6.07, 6.45) is -1.95. The number of benzene rings is 1. The number of hydrogen-bond acceptors (Lipinski definition) is 6. The lowest BCUT2D eigenvalue weighted by atomic mass is 10.0. The number of nitrogen functional groups attached to an aromatic ring is 2. The lowest BCUT2D eigenvalue weighted by Gasteiger charge is -2.15. The van der Waals surface area contributed by atoms with E-state index >= 15 is 0 Å². The van der Waals surface area contributed by atoms with E-state index in [0.717, 1.165) is 12.1 Å². The molecule has 0 saturated heterocycles. The van der Waals surface area contributed by atoms with Gasteiger partial charge in [-0.1, -0.05) is 17.7 Å².